The zero-order valence-corrected chi connectivity index (χ0v) is 10.9. The van der Waals surface area contributed by atoms with Gasteiger partial charge in [-0.25, -0.2) is 4.79 Å². The largest absolute Gasteiger partial charge is 0.369 e. The van der Waals surface area contributed by atoms with Crippen LogP contribution >= 0.6 is 0 Å². The average Bonchev–Trinajstić information content (AvgIpc) is 2.42. The molecule has 8 heteroatoms. The number of nitrogens with two attached hydrogens (primary N) is 1. The Bertz CT molecular complexity index is 625. The van der Waals surface area contributed by atoms with Crippen LogP contribution in [0.5, 0.6) is 0 Å². The second-order valence-electron chi connectivity index (χ2n) is 4.80. The van der Waals surface area contributed by atoms with Gasteiger partial charge in [0.05, 0.1) is 0 Å². The highest BCUT2D eigenvalue weighted by atomic mass is 16.2. The molecule has 0 bridgehead atoms. The summed E-state index contributed by atoms with van der Waals surface area (Å²) in [5, 5.41) is 0. The number of piperidine rings is 1. The van der Waals surface area contributed by atoms with Crippen LogP contribution in [0.2, 0.25) is 0 Å². The van der Waals surface area contributed by atoms with Gasteiger partial charge in [0.2, 0.25) is 11.8 Å². The third-order valence-corrected chi connectivity index (χ3v) is 3.45. The van der Waals surface area contributed by atoms with Crippen LogP contribution in [0, 0.1) is 5.92 Å². The summed E-state index contributed by atoms with van der Waals surface area (Å²) < 4.78 is 1.14. The molecule has 0 unspecified atom stereocenters. The topological polar surface area (TPSA) is 118 Å². The molecule has 2 heterocycles. The van der Waals surface area contributed by atoms with E-state index in [1.807, 2.05) is 0 Å². The van der Waals surface area contributed by atoms with Crippen LogP contribution in [-0.4, -0.2) is 39.4 Å². The lowest BCUT2D eigenvalue weighted by Crippen LogP contribution is -2.44. The molecule has 3 N–H and O–H groups in total. The fourth-order valence-electron chi connectivity index (χ4n) is 2.23. The minimum Gasteiger partial charge on any atom is -0.369 e. The van der Waals surface area contributed by atoms with E-state index in [4.69, 9.17) is 5.73 Å². The number of aromatic amines is 1. The Morgan fingerprint density at radius 1 is 1.30 bits per heavy atom. The summed E-state index contributed by atoms with van der Waals surface area (Å²) in [6, 6.07) is 1.19. The van der Waals surface area contributed by atoms with Crippen molar-refractivity contribution < 1.29 is 9.59 Å². The van der Waals surface area contributed by atoms with E-state index in [9.17, 15) is 19.2 Å². The molecule has 0 atom stereocenters. The molecule has 2 rings (SSSR count). The number of primary amides is 1. The molecule has 8 nitrogen and oxygen atoms in total. The van der Waals surface area contributed by atoms with Gasteiger partial charge in [-0.2, -0.15) is 0 Å². The van der Waals surface area contributed by atoms with E-state index >= 15 is 0 Å². The summed E-state index contributed by atoms with van der Waals surface area (Å²) in [4.78, 5) is 49.2. The molecular formula is C12H16N4O4. The van der Waals surface area contributed by atoms with Crippen molar-refractivity contribution in [2.45, 2.75) is 19.4 Å². The molecule has 1 fully saturated rings. The van der Waals surface area contributed by atoms with Gasteiger partial charge in [-0.15, -0.1) is 0 Å². The molecule has 0 spiro atoms. The SMILES string of the molecule is NC(=O)C1CCN(C(=O)Cn2ccc(=O)[nH]c2=O)CC1. The molecule has 108 valence electrons. The van der Waals surface area contributed by atoms with E-state index in [0.717, 1.165) is 4.57 Å². The first-order valence-electron chi connectivity index (χ1n) is 6.34. The first kappa shape index (κ1) is 14.0. The Labute approximate surface area is 114 Å². The van der Waals surface area contributed by atoms with E-state index in [0.29, 0.717) is 25.9 Å². The zero-order valence-electron chi connectivity index (χ0n) is 10.9. The number of likely N-dealkylation sites (tertiary alicyclic amines) is 1. The van der Waals surface area contributed by atoms with E-state index in [2.05, 4.69) is 4.98 Å². The summed E-state index contributed by atoms with van der Waals surface area (Å²) in [7, 11) is 0. The molecule has 20 heavy (non-hydrogen) atoms. The van der Waals surface area contributed by atoms with Gasteiger partial charge in [-0.05, 0) is 12.8 Å². The summed E-state index contributed by atoms with van der Waals surface area (Å²) in [5.41, 5.74) is 4.11. The number of hydrogen-bond donors (Lipinski definition) is 2. The Balaban J connectivity index is 1.98. The lowest BCUT2D eigenvalue weighted by molar-refractivity contribution is -0.135. The average molecular weight is 280 g/mol. The standard InChI is InChI=1S/C12H16N4O4/c13-11(19)8-1-4-15(5-2-8)10(18)7-16-6-3-9(17)14-12(16)20/h3,6,8H,1-2,4-5,7H2,(H2,13,19)(H,14,17,20). The highest BCUT2D eigenvalue weighted by Crippen LogP contribution is 2.16. The molecule has 0 aliphatic carbocycles. The van der Waals surface area contributed by atoms with Crippen molar-refractivity contribution >= 4 is 11.8 Å². The smallest absolute Gasteiger partial charge is 0.328 e. The van der Waals surface area contributed by atoms with Crippen LogP contribution in [0.1, 0.15) is 12.8 Å². The fourth-order valence-corrected chi connectivity index (χ4v) is 2.23. The molecule has 1 aliphatic rings. The van der Waals surface area contributed by atoms with Gasteiger partial charge in [-0.3, -0.25) is 23.9 Å². The van der Waals surface area contributed by atoms with Crippen LogP contribution in [0.25, 0.3) is 0 Å². The summed E-state index contributed by atoms with van der Waals surface area (Å²) in [6.07, 6.45) is 2.37. The third kappa shape index (κ3) is 3.14. The Hall–Kier alpha value is -2.38. The van der Waals surface area contributed by atoms with Crippen LogP contribution in [0.4, 0.5) is 0 Å². The van der Waals surface area contributed by atoms with Crippen molar-refractivity contribution in [2.24, 2.45) is 11.7 Å². The maximum Gasteiger partial charge on any atom is 0.328 e. The minimum atomic E-state index is -0.613. The molecular weight excluding hydrogens is 264 g/mol. The Kier molecular flexibility index (Phi) is 4.02. The van der Waals surface area contributed by atoms with Gasteiger partial charge >= 0.3 is 5.69 Å². The van der Waals surface area contributed by atoms with Crippen molar-refractivity contribution in [3.63, 3.8) is 0 Å². The Morgan fingerprint density at radius 2 is 1.95 bits per heavy atom. The second kappa shape index (κ2) is 5.72. The number of carbonyl (C=O) groups is 2. The molecule has 1 aliphatic heterocycles. The van der Waals surface area contributed by atoms with Crippen molar-refractivity contribution in [3.8, 4) is 0 Å². The maximum absolute atomic E-state index is 12.0. The van der Waals surface area contributed by atoms with Gasteiger partial charge in [0.15, 0.2) is 0 Å². The minimum absolute atomic E-state index is 0.128. The number of H-pyrrole nitrogens is 1. The van der Waals surface area contributed by atoms with Gasteiger partial charge in [0, 0.05) is 31.3 Å². The van der Waals surface area contributed by atoms with E-state index < -0.39 is 11.2 Å². The number of carbonyl (C=O) groups excluding carboxylic acids is 2. The van der Waals surface area contributed by atoms with Crippen LogP contribution in [-0.2, 0) is 16.1 Å². The van der Waals surface area contributed by atoms with Gasteiger partial charge in [-0.1, -0.05) is 0 Å². The van der Waals surface area contributed by atoms with E-state index in [1.54, 1.807) is 4.90 Å². The predicted octanol–water partition coefficient (Wildman–Crippen LogP) is -1.74. The first-order valence-corrected chi connectivity index (χ1v) is 6.34. The number of hydrogen-bond acceptors (Lipinski definition) is 4. The Morgan fingerprint density at radius 3 is 2.50 bits per heavy atom. The zero-order chi connectivity index (χ0) is 14.7. The highest BCUT2D eigenvalue weighted by Gasteiger charge is 2.25. The molecule has 0 saturated carbocycles. The second-order valence-corrected chi connectivity index (χ2v) is 4.80. The lowest BCUT2D eigenvalue weighted by atomic mass is 9.96. The molecule has 0 aromatic carbocycles. The predicted molar refractivity (Wildman–Crippen MR) is 69.8 cm³/mol. The normalized spacial score (nSPS) is 16.1. The summed E-state index contributed by atoms with van der Waals surface area (Å²) in [6.45, 7) is 0.770. The van der Waals surface area contributed by atoms with Gasteiger partial charge in [0.25, 0.3) is 5.56 Å². The number of amides is 2. The van der Waals surface area contributed by atoms with Crippen molar-refractivity contribution in [1.29, 1.82) is 0 Å². The maximum atomic E-state index is 12.0. The van der Waals surface area contributed by atoms with Crippen molar-refractivity contribution in [3.05, 3.63) is 33.1 Å². The van der Waals surface area contributed by atoms with Gasteiger partial charge < -0.3 is 10.6 Å². The van der Waals surface area contributed by atoms with Crippen LogP contribution < -0.4 is 17.0 Å². The highest BCUT2D eigenvalue weighted by molar-refractivity contribution is 5.78. The number of nitrogens with one attached hydrogen (secondary N) is 1. The van der Waals surface area contributed by atoms with E-state index in [1.165, 1.54) is 12.3 Å². The molecule has 1 saturated heterocycles. The first-order chi connectivity index (χ1) is 9.47. The van der Waals surface area contributed by atoms with Crippen LogP contribution in [0.15, 0.2) is 21.9 Å². The van der Waals surface area contributed by atoms with E-state index in [-0.39, 0.29) is 24.3 Å². The van der Waals surface area contributed by atoms with Crippen LogP contribution in [0.3, 0.4) is 0 Å². The molecule has 1 aromatic rings. The fraction of sp³-hybridized carbons (Fsp3) is 0.500. The quantitative estimate of drug-likeness (QED) is 0.683. The molecule has 0 radical (unpaired) electrons. The van der Waals surface area contributed by atoms with Gasteiger partial charge in [0.1, 0.15) is 6.54 Å². The lowest BCUT2D eigenvalue weighted by Gasteiger charge is -2.30. The molecule has 1 aromatic heterocycles. The summed E-state index contributed by atoms with van der Waals surface area (Å²) >= 11 is 0. The third-order valence-electron chi connectivity index (χ3n) is 3.45. The van der Waals surface area contributed by atoms with Crippen molar-refractivity contribution in [1.82, 2.24) is 14.5 Å². The van der Waals surface area contributed by atoms with Crippen molar-refractivity contribution in [2.75, 3.05) is 13.1 Å². The monoisotopic (exact) mass is 280 g/mol. The summed E-state index contributed by atoms with van der Waals surface area (Å²) in [5.74, 6) is -0.745. The number of rotatable bonds is 3. The molecule has 2 amide bonds. The number of aromatic nitrogens is 2. The number of nitrogens with zero attached hydrogens (tertiary/aromatic N) is 2.